The average Bonchev–Trinajstić information content (AvgIpc) is 3.06. The van der Waals surface area contributed by atoms with E-state index in [4.69, 9.17) is 4.98 Å². The fourth-order valence-corrected chi connectivity index (χ4v) is 4.22. The summed E-state index contributed by atoms with van der Waals surface area (Å²) < 4.78 is 0. The molecule has 0 atom stereocenters. The molecular weight excluding hydrogens is 276 g/mol. The topological polar surface area (TPSA) is 50.7 Å². The summed E-state index contributed by atoms with van der Waals surface area (Å²) in [7, 11) is 1.87. The molecule has 0 amide bonds. The van der Waals surface area contributed by atoms with Gasteiger partial charge >= 0.3 is 0 Å². The highest BCUT2D eigenvalue weighted by Gasteiger charge is 2.19. The monoisotopic (exact) mass is 296 g/mol. The number of aryl methyl sites for hydroxylation is 1. The molecule has 0 radical (unpaired) electrons. The zero-order chi connectivity index (χ0) is 13.8. The molecular formula is C13H20N4S2. The molecule has 0 aromatic carbocycles. The van der Waals surface area contributed by atoms with E-state index < -0.39 is 0 Å². The second kappa shape index (κ2) is 6.43. The molecule has 19 heavy (non-hydrogen) atoms. The summed E-state index contributed by atoms with van der Waals surface area (Å²) in [5.41, 5.74) is 1.16. The normalized spacial score (nSPS) is 11.2. The zero-order valence-corrected chi connectivity index (χ0v) is 13.5. The standard InChI is InChI=1S/C13H20N4S2/c1-5-8(6-2)11-15-9(7-3)10(18-11)12-16-17-13(14-4)19-12/h8H,5-7H2,1-4H3,(H,14,17). The van der Waals surface area contributed by atoms with Gasteiger partial charge in [0.25, 0.3) is 0 Å². The van der Waals surface area contributed by atoms with E-state index in [1.807, 2.05) is 7.05 Å². The fourth-order valence-electron chi connectivity index (χ4n) is 2.01. The summed E-state index contributed by atoms with van der Waals surface area (Å²) in [5, 5.41) is 14.5. The minimum Gasteiger partial charge on any atom is -0.363 e. The Kier molecular flexibility index (Phi) is 4.87. The minimum absolute atomic E-state index is 0.570. The van der Waals surface area contributed by atoms with Crippen molar-refractivity contribution in [2.45, 2.75) is 46.0 Å². The van der Waals surface area contributed by atoms with Crippen LogP contribution < -0.4 is 5.32 Å². The minimum atomic E-state index is 0.570. The van der Waals surface area contributed by atoms with Crippen LogP contribution in [0.1, 0.15) is 50.2 Å². The lowest BCUT2D eigenvalue weighted by molar-refractivity contribution is 0.635. The lowest BCUT2D eigenvalue weighted by Gasteiger charge is -2.06. The first kappa shape index (κ1) is 14.4. The summed E-state index contributed by atoms with van der Waals surface area (Å²) in [4.78, 5) is 6.02. The summed E-state index contributed by atoms with van der Waals surface area (Å²) in [6.45, 7) is 6.60. The van der Waals surface area contributed by atoms with Crippen LogP contribution in [0.3, 0.4) is 0 Å². The lowest BCUT2D eigenvalue weighted by atomic mass is 10.1. The first-order chi connectivity index (χ1) is 9.23. The van der Waals surface area contributed by atoms with E-state index >= 15 is 0 Å². The van der Waals surface area contributed by atoms with Gasteiger partial charge in [0.05, 0.1) is 15.6 Å². The number of hydrogen-bond acceptors (Lipinski definition) is 6. The van der Waals surface area contributed by atoms with E-state index in [1.165, 1.54) is 9.88 Å². The smallest absolute Gasteiger partial charge is 0.205 e. The van der Waals surface area contributed by atoms with Gasteiger partial charge in [0.1, 0.15) is 0 Å². The van der Waals surface area contributed by atoms with Crippen molar-refractivity contribution in [1.82, 2.24) is 15.2 Å². The Morgan fingerprint density at radius 1 is 1.11 bits per heavy atom. The van der Waals surface area contributed by atoms with Gasteiger partial charge in [0.2, 0.25) is 5.13 Å². The molecule has 104 valence electrons. The van der Waals surface area contributed by atoms with Crippen molar-refractivity contribution in [3.05, 3.63) is 10.7 Å². The number of thiazole rings is 1. The molecule has 4 nitrogen and oxygen atoms in total. The first-order valence-corrected chi connectivity index (χ1v) is 8.37. The quantitative estimate of drug-likeness (QED) is 0.869. The predicted molar refractivity (Wildman–Crippen MR) is 83.3 cm³/mol. The predicted octanol–water partition coefficient (Wildman–Crippen LogP) is 4.17. The van der Waals surface area contributed by atoms with Crippen LogP contribution >= 0.6 is 22.7 Å². The number of anilines is 1. The van der Waals surface area contributed by atoms with Crippen LogP contribution in [0, 0.1) is 0 Å². The largest absolute Gasteiger partial charge is 0.363 e. The third kappa shape index (κ3) is 2.95. The third-order valence-electron chi connectivity index (χ3n) is 3.22. The molecule has 0 aliphatic heterocycles. The van der Waals surface area contributed by atoms with Crippen LogP contribution in [-0.2, 0) is 6.42 Å². The number of nitrogens with zero attached hydrogens (tertiary/aromatic N) is 3. The van der Waals surface area contributed by atoms with Gasteiger partial charge in [-0.15, -0.1) is 21.5 Å². The molecule has 2 aromatic rings. The summed E-state index contributed by atoms with van der Waals surface area (Å²) in [6.07, 6.45) is 3.23. The van der Waals surface area contributed by atoms with Gasteiger partial charge in [-0.05, 0) is 19.3 Å². The van der Waals surface area contributed by atoms with Gasteiger partial charge in [-0.2, -0.15) is 0 Å². The molecule has 2 rings (SSSR count). The third-order valence-corrected chi connectivity index (χ3v) is 5.57. The molecule has 6 heteroatoms. The van der Waals surface area contributed by atoms with E-state index in [1.54, 1.807) is 22.7 Å². The van der Waals surface area contributed by atoms with Crippen molar-refractivity contribution in [2.75, 3.05) is 12.4 Å². The highest BCUT2D eigenvalue weighted by molar-refractivity contribution is 7.23. The first-order valence-electron chi connectivity index (χ1n) is 6.74. The summed E-state index contributed by atoms with van der Waals surface area (Å²) >= 11 is 3.38. The molecule has 2 aromatic heterocycles. The van der Waals surface area contributed by atoms with E-state index in [2.05, 4.69) is 36.3 Å². The van der Waals surface area contributed by atoms with E-state index in [-0.39, 0.29) is 0 Å². The molecule has 1 N–H and O–H groups in total. The van der Waals surface area contributed by atoms with Gasteiger partial charge < -0.3 is 5.32 Å². The maximum atomic E-state index is 4.82. The Morgan fingerprint density at radius 2 is 1.84 bits per heavy atom. The van der Waals surface area contributed by atoms with Crippen LogP contribution in [-0.4, -0.2) is 22.2 Å². The Hall–Kier alpha value is -1.01. The highest BCUT2D eigenvalue weighted by atomic mass is 32.1. The molecule has 0 unspecified atom stereocenters. The van der Waals surface area contributed by atoms with Gasteiger partial charge in [-0.3, -0.25) is 0 Å². The maximum absolute atomic E-state index is 4.82. The molecule has 0 aliphatic rings. The molecule has 2 heterocycles. The Labute approximate surface area is 122 Å². The van der Waals surface area contributed by atoms with Crippen molar-refractivity contribution in [1.29, 1.82) is 0 Å². The van der Waals surface area contributed by atoms with Gasteiger partial charge in [0, 0.05) is 13.0 Å². The van der Waals surface area contributed by atoms with Gasteiger partial charge in [0.15, 0.2) is 5.01 Å². The molecule has 0 aliphatic carbocycles. The fraction of sp³-hybridized carbons (Fsp3) is 0.615. The van der Waals surface area contributed by atoms with Crippen molar-refractivity contribution in [2.24, 2.45) is 0 Å². The number of aromatic nitrogens is 3. The van der Waals surface area contributed by atoms with Crippen LogP contribution in [0.4, 0.5) is 5.13 Å². The Bertz CT molecular complexity index is 528. The average molecular weight is 296 g/mol. The SMILES string of the molecule is CCc1nc(C(CC)CC)sc1-c1nnc(NC)s1. The molecule has 0 saturated heterocycles. The number of nitrogens with one attached hydrogen (secondary N) is 1. The van der Waals surface area contributed by atoms with Crippen molar-refractivity contribution < 1.29 is 0 Å². The zero-order valence-electron chi connectivity index (χ0n) is 11.9. The van der Waals surface area contributed by atoms with Crippen molar-refractivity contribution in [3.63, 3.8) is 0 Å². The summed E-state index contributed by atoms with van der Waals surface area (Å²) in [6, 6.07) is 0. The Morgan fingerprint density at radius 3 is 2.37 bits per heavy atom. The number of rotatable bonds is 6. The second-order valence-electron chi connectivity index (χ2n) is 4.36. The molecule has 0 fully saturated rings. The van der Waals surface area contributed by atoms with Crippen LogP contribution in [0.15, 0.2) is 0 Å². The molecule has 0 spiro atoms. The number of hydrogen-bond donors (Lipinski definition) is 1. The van der Waals surface area contributed by atoms with Crippen molar-refractivity contribution in [3.8, 4) is 9.88 Å². The van der Waals surface area contributed by atoms with Gasteiger partial charge in [-0.1, -0.05) is 32.1 Å². The maximum Gasteiger partial charge on any atom is 0.205 e. The Balaban J connectivity index is 2.39. The summed E-state index contributed by atoms with van der Waals surface area (Å²) in [5.74, 6) is 0.570. The highest BCUT2D eigenvalue weighted by Crippen LogP contribution is 2.38. The second-order valence-corrected chi connectivity index (χ2v) is 6.37. The van der Waals surface area contributed by atoms with Crippen LogP contribution in [0.5, 0.6) is 0 Å². The molecule has 0 bridgehead atoms. The van der Waals surface area contributed by atoms with E-state index in [0.29, 0.717) is 5.92 Å². The van der Waals surface area contributed by atoms with Crippen LogP contribution in [0.2, 0.25) is 0 Å². The van der Waals surface area contributed by atoms with E-state index in [9.17, 15) is 0 Å². The van der Waals surface area contributed by atoms with Crippen LogP contribution in [0.25, 0.3) is 9.88 Å². The van der Waals surface area contributed by atoms with Gasteiger partial charge in [-0.25, -0.2) is 4.98 Å². The van der Waals surface area contributed by atoms with Crippen molar-refractivity contribution >= 4 is 27.8 Å². The molecule has 0 saturated carbocycles. The lowest BCUT2D eigenvalue weighted by Crippen LogP contribution is -1.94. The van der Waals surface area contributed by atoms with E-state index in [0.717, 1.165) is 35.1 Å².